The Balaban J connectivity index is 2.01. The van der Waals surface area contributed by atoms with Crippen LogP contribution in [0.2, 0.25) is 5.02 Å². The fourth-order valence-corrected chi connectivity index (χ4v) is 2.46. The number of aromatic amines is 1. The van der Waals surface area contributed by atoms with Gasteiger partial charge in [-0.1, -0.05) is 53.6 Å². The number of H-pyrrole nitrogens is 1. The molecule has 0 saturated carbocycles. The van der Waals surface area contributed by atoms with E-state index in [0.717, 1.165) is 11.1 Å². The smallest absolute Gasteiger partial charge is 0.216 e. The zero-order valence-corrected chi connectivity index (χ0v) is 13.4. The molecule has 0 radical (unpaired) electrons. The third-order valence-electron chi connectivity index (χ3n) is 3.10. The van der Waals surface area contributed by atoms with Gasteiger partial charge in [0.05, 0.1) is 6.21 Å². The van der Waals surface area contributed by atoms with Crippen molar-refractivity contribution in [3.05, 3.63) is 69.5 Å². The minimum Gasteiger partial charge on any atom is -0.250 e. The van der Waals surface area contributed by atoms with Gasteiger partial charge >= 0.3 is 0 Å². The van der Waals surface area contributed by atoms with E-state index in [0.29, 0.717) is 15.6 Å². The Morgan fingerprint density at radius 3 is 2.82 bits per heavy atom. The van der Waals surface area contributed by atoms with E-state index in [2.05, 4.69) is 15.3 Å². The lowest BCUT2D eigenvalue weighted by Gasteiger charge is -2.01. The SMILES string of the molecule is Cc1cccc(/C=N\n2c(-c3cccc(Cl)c3)n[nH]c2=S)c1. The monoisotopic (exact) mass is 328 g/mol. The first kappa shape index (κ1) is 14.7. The van der Waals surface area contributed by atoms with Crippen LogP contribution in [-0.4, -0.2) is 21.1 Å². The zero-order valence-electron chi connectivity index (χ0n) is 11.8. The van der Waals surface area contributed by atoms with Crippen LogP contribution < -0.4 is 0 Å². The number of aryl methyl sites for hydroxylation is 1. The summed E-state index contributed by atoms with van der Waals surface area (Å²) in [4.78, 5) is 0. The van der Waals surface area contributed by atoms with Gasteiger partial charge in [-0.15, -0.1) is 0 Å². The summed E-state index contributed by atoms with van der Waals surface area (Å²) in [5.41, 5.74) is 3.02. The van der Waals surface area contributed by atoms with Gasteiger partial charge in [0.2, 0.25) is 4.77 Å². The molecule has 0 spiro atoms. The van der Waals surface area contributed by atoms with E-state index in [1.165, 1.54) is 5.56 Å². The molecule has 1 N–H and O–H groups in total. The molecule has 3 rings (SSSR count). The van der Waals surface area contributed by atoms with E-state index >= 15 is 0 Å². The number of rotatable bonds is 3. The number of halogens is 1. The van der Waals surface area contributed by atoms with Crippen LogP contribution >= 0.6 is 23.8 Å². The molecule has 0 aliphatic carbocycles. The molecule has 1 aromatic heterocycles. The molecule has 0 amide bonds. The molecule has 6 heteroatoms. The number of benzene rings is 2. The molecule has 3 aromatic rings. The highest BCUT2D eigenvalue weighted by atomic mass is 35.5. The quantitative estimate of drug-likeness (QED) is 0.570. The van der Waals surface area contributed by atoms with Crippen LogP contribution in [0.1, 0.15) is 11.1 Å². The zero-order chi connectivity index (χ0) is 15.5. The minimum atomic E-state index is 0.430. The van der Waals surface area contributed by atoms with Crippen molar-refractivity contribution in [1.82, 2.24) is 14.9 Å². The maximum absolute atomic E-state index is 6.03. The molecule has 1 heterocycles. The molecule has 0 aliphatic heterocycles. The first-order valence-electron chi connectivity index (χ1n) is 6.68. The van der Waals surface area contributed by atoms with Crippen LogP contribution in [0.5, 0.6) is 0 Å². The summed E-state index contributed by atoms with van der Waals surface area (Å²) >= 11 is 11.3. The van der Waals surface area contributed by atoms with E-state index in [9.17, 15) is 0 Å². The molecule has 4 nitrogen and oxygen atoms in total. The lowest BCUT2D eigenvalue weighted by Crippen LogP contribution is -1.95. The minimum absolute atomic E-state index is 0.430. The highest BCUT2D eigenvalue weighted by Crippen LogP contribution is 2.21. The highest BCUT2D eigenvalue weighted by molar-refractivity contribution is 7.71. The van der Waals surface area contributed by atoms with Crippen molar-refractivity contribution in [2.45, 2.75) is 6.92 Å². The highest BCUT2D eigenvalue weighted by Gasteiger charge is 2.08. The molecule has 2 aromatic carbocycles. The van der Waals surface area contributed by atoms with Gasteiger partial charge in [0, 0.05) is 10.6 Å². The normalized spacial score (nSPS) is 11.2. The predicted molar refractivity (Wildman–Crippen MR) is 92.0 cm³/mol. The van der Waals surface area contributed by atoms with Crippen LogP contribution in [0.4, 0.5) is 0 Å². The van der Waals surface area contributed by atoms with E-state index in [-0.39, 0.29) is 0 Å². The second kappa shape index (κ2) is 6.25. The molecule has 0 atom stereocenters. The molecule has 110 valence electrons. The van der Waals surface area contributed by atoms with Crippen molar-refractivity contribution in [2.75, 3.05) is 0 Å². The van der Waals surface area contributed by atoms with Crippen LogP contribution in [0.15, 0.2) is 53.6 Å². The number of nitrogens with zero attached hydrogens (tertiary/aromatic N) is 3. The second-order valence-electron chi connectivity index (χ2n) is 4.83. The number of hydrogen-bond acceptors (Lipinski definition) is 3. The van der Waals surface area contributed by atoms with Crippen molar-refractivity contribution < 1.29 is 0 Å². The van der Waals surface area contributed by atoms with Crippen molar-refractivity contribution in [3.8, 4) is 11.4 Å². The van der Waals surface area contributed by atoms with Crippen molar-refractivity contribution in [2.24, 2.45) is 5.10 Å². The van der Waals surface area contributed by atoms with E-state index in [1.54, 1.807) is 10.9 Å². The van der Waals surface area contributed by atoms with Gasteiger partial charge in [0.25, 0.3) is 0 Å². The van der Waals surface area contributed by atoms with Crippen LogP contribution in [0, 0.1) is 11.7 Å². The Kier molecular flexibility index (Phi) is 4.18. The number of hydrogen-bond donors (Lipinski definition) is 1. The Labute approximate surface area is 138 Å². The standard InChI is InChI=1S/C16H13ClN4S/c1-11-4-2-5-12(8-11)10-18-21-15(19-20-16(21)22)13-6-3-7-14(17)9-13/h2-10H,1H3,(H,20,22)/b18-10-. The molecule has 0 saturated heterocycles. The van der Waals surface area contributed by atoms with Crippen LogP contribution in [0.3, 0.4) is 0 Å². The average molecular weight is 329 g/mol. The van der Waals surface area contributed by atoms with E-state index in [1.807, 2.05) is 55.5 Å². The first-order chi connectivity index (χ1) is 10.6. The van der Waals surface area contributed by atoms with Gasteiger partial charge < -0.3 is 0 Å². The summed E-state index contributed by atoms with van der Waals surface area (Å²) in [5, 5.41) is 12.1. The lowest BCUT2D eigenvalue weighted by molar-refractivity contribution is 0.871. The van der Waals surface area contributed by atoms with Gasteiger partial charge in [-0.2, -0.15) is 14.9 Å². The van der Waals surface area contributed by atoms with Crippen LogP contribution in [0.25, 0.3) is 11.4 Å². The first-order valence-corrected chi connectivity index (χ1v) is 7.46. The summed E-state index contributed by atoms with van der Waals surface area (Å²) in [6, 6.07) is 15.5. The Hall–Kier alpha value is -2.24. The largest absolute Gasteiger partial charge is 0.250 e. The molecular formula is C16H13ClN4S. The van der Waals surface area contributed by atoms with E-state index in [4.69, 9.17) is 23.8 Å². The summed E-state index contributed by atoms with van der Waals surface area (Å²) in [7, 11) is 0. The third kappa shape index (κ3) is 3.16. The summed E-state index contributed by atoms with van der Waals surface area (Å²) in [6.07, 6.45) is 1.76. The Morgan fingerprint density at radius 1 is 1.23 bits per heavy atom. The molecule has 0 fully saturated rings. The second-order valence-corrected chi connectivity index (χ2v) is 5.66. The molecule has 0 bridgehead atoms. The van der Waals surface area contributed by atoms with Gasteiger partial charge in [-0.05, 0) is 36.8 Å². The Morgan fingerprint density at radius 2 is 2.05 bits per heavy atom. The third-order valence-corrected chi connectivity index (χ3v) is 3.60. The number of aromatic nitrogens is 3. The summed E-state index contributed by atoms with van der Waals surface area (Å²) in [6.45, 7) is 2.04. The molecule has 0 aliphatic rings. The Bertz CT molecular complexity index is 895. The average Bonchev–Trinajstić information content (AvgIpc) is 2.86. The van der Waals surface area contributed by atoms with Gasteiger partial charge in [-0.3, -0.25) is 0 Å². The van der Waals surface area contributed by atoms with E-state index < -0.39 is 0 Å². The van der Waals surface area contributed by atoms with Crippen molar-refractivity contribution >= 4 is 30.0 Å². The summed E-state index contributed by atoms with van der Waals surface area (Å²) < 4.78 is 2.02. The van der Waals surface area contributed by atoms with Gasteiger partial charge in [0.15, 0.2) is 5.82 Å². The lowest BCUT2D eigenvalue weighted by atomic mass is 10.2. The summed E-state index contributed by atoms with van der Waals surface area (Å²) in [5.74, 6) is 0.622. The topological polar surface area (TPSA) is 46.0 Å². The van der Waals surface area contributed by atoms with Gasteiger partial charge in [-0.25, -0.2) is 5.10 Å². The molecular weight excluding hydrogens is 316 g/mol. The van der Waals surface area contributed by atoms with Crippen LogP contribution in [-0.2, 0) is 0 Å². The predicted octanol–water partition coefficient (Wildman–Crippen LogP) is 4.45. The molecule has 22 heavy (non-hydrogen) atoms. The maximum Gasteiger partial charge on any atom is 0.216 e. The fraction of sp³-hybridized carbons (Fsp3) is 0.0625. The fourth-order valence-electron chi connectivity index (χ4n) is 2.09. The number of nitrogens with one attached hydrogen (secondary N) is 1. The maximum atomic E-state index is 6.03. The van der Waals surface area contributed by atoms with Crippen molar-refractivity contribution in [1.29, 1.82) is 0 Å². The van der Waals surface area contributed by atoms with Gasteiger partial charge in [0.1, 0.15) is 0 Å². The molecule has 0 unspecified atom stereocenters. The van der Waals surface area contributed by atoms with Crippen molar-refractivity contribution in [3.63, 3.8) is 0 Å².